The number of aromatic nitrogens is 2. The van der Waals surface area contributed by atoms with Gasteiger partial charge in [-0.05, 0) is 48.6 Å². The Bertz CT molecular complexity index is 1130. The Labute approximate surface area is 160 Å². The summed E-state index contributed by atoms with van der Waals surface area (Å²) in [7, 11) is 1.61. The molecular formula is C21H21N3O4. The summed E-state index contributed by atoms with van der Waals surface area (Å²) in [6, 6.07) is 14.0. The van der Waals surface area contributed by atoms with Crippen LogP contribution in [-0.4, -0.2) is 22.8 Å². The van der Waals surface area contributed by atoms with Crippen molar-refractivity contribution in [3.05, 3.63) is 74.8 Å². The fourth-order valence-electron chi connectivity index (χ4n) is 3.43. The number of hydrogen-bond acceptors (Lipinski definition) is 4. The van der Waals surface area contributed by atoms with Crippen LogP contribution in [0.5, 0.6) is 5.75 Å². The lowest BCUT2D eigenvalue weighted by Gasteiger charge is -2.19. The van der Waals surface area contributed by atoms with Crippen LogP contribution in [0.25, 0.3) is 10.8 Å². The van der Waals surface area contributed by atoms with Crippen molar-refractivity contribution in [3.63, 3.8) is 0 Å². The quantitative estimate of drug-likeness (QED) is 0.685. The topological polar surface area (TPSA) is 93.2 Å². The molecule has 1 atom stereocenters. The van der Waals surface area contributed by atoms with E-state index in [0.717, 1.165) is 28.8 Å². The molecule has 0 spiro atoms. The number of fused-ring (bicyclic) bond motifs is 1. The van der Waals surface area contributed by atoms with Crippen molar-refractivity contribution in [1.82, 2.24) is 15.1 Å². The first-order valence-electron chi connectivity index (χ1n) is 9.22. The lowest BCUT2D eigenvalue weighted by atomic mass is 10.0. The normalized spacial score (nSPS) is 14.6. The van der Waals surface area contributed by atoms with Gasteiger partial charge < -0.3 is 10.1 Å². The molecule has 1 aliphatic rings. The monoisotopic (exact) mass is 379 g/mol. The second-order valence-corrected chi connectivity index (χ2v) is 7.03. The van der Waals surface area contributed by atoms with Crippen LogP contribution >= 0.6 is 0 Å². The number of aromatic amines is 1. The minimum atomic E-state index is -0.392. The van der Waals surface area contributed by atoms with Crippen molar-refractivity contribution in [1.29, 1.82) is 0 Å². The highest BCUT2D eigenvalue weighted by Crippen LogP contribution is 2.41. The third-order valence-corrected chi connectivity index (χ3v) is 5.07. The van der Waals surface area contributed by atoms with Gasteiger partial charge in [0, 0.05) is 0 Å². The summed E-state index contributed by atoms with van der Waals surface area (Å²) < 4.78 is 6.25. The van der Waals surface area contributed by atoms with Gasteiger partial charge in [0.05, 0.1) is 23.9 Å². The van der Waals surface area contributed by atoms with Crippen LogP contribution in [0, 0.1) is 5.92 Å². The molecule has 0 radical (unpaired) electrons. The van der Waals surface area contributed by atoms with E-state index in [1.807, 2.05) is 24.3 Å². The van der Waals surface area contributed by atoms with E-state index in [0.29, 0.717) is 16.7 Å². The number of carbonyl (C=O) groups is 1. The molecule has 144 valence electrons. The first kappa shape index (κ1) is 18.0. The fraction of sp³-hybridized carbons (Fsp3) is 0.286. The highest BCUT2D eigenvalue weighted by Gasteiger charge is 2.33. The molecule has 4 rings (SSSR count). The number of hydrogen-bond donors (Lipinski definition) is 2. The Morgan fingerprint density at radius 1 is 1.14 bits per heavy atom. The van der Waals surface area contributed by atoms with Crippen molar-refractivity contribution in [3.8, 4) is 5.75 Å². The molecule has 1 saturated carbocycles. The molecule has 1 aromatic heterocycles. The molecule has 7 nitrogen and oxygen atoms in total. The zero-order valence-corrected chi connectivity index (χ0v) is 15.5. The second-order valence-electron chi connectivity index (χ2n) is 7.03. The van der Waals surface area contributed by atoms with Crippen molar-refractivity contribution in [2.75, 3.05) is 7.11 Å². The van der Waals surface area contributed by atoms with Crippen LogP contribution < -0.4 is 21.2 Å². The zero-order chi connectivity index (χ0) is 19.7. The summed E-state index contributed by atoms with van der Waals surface area (Å²) in [5.74, 6) is 0.815. The largest absolute Gasteiger partial charge is 0.497 e. The first-order chi connectivity index (χ1) is 13.6. The first-order valence-corrected chi connectivity index (χ1v) is 9.22. The van der Waals surface area contributed by atoms with Gasteiger partial charge in [-0.2, -0.15) is 0 Å². The van der Waals surface area contributed by atoms with Crippen LogP contribution in [0.1, 0.15) is 24.4 Å². The van der Waals surface area contributed by atoms with Gasteiger partial charge in [-0.3, -0.25) is 19.5 Å². The number of nitrogens with zero attached hydrogens (tertiary/aromatic N) is 1. The molecule has 1 aliphatic carbocycles. The fourth-order valence-corrected chi connectivity index (χ4v) is 3.43. The average molecular weight is 379 g/mol. The Hall–Kier alpha value is -3.35. The predicted octanol–water partition coefficient (Wildman–Crippen LogP) is 1.97. The second kappa shape index (κ2) is 7.34. The van der Waals surface area contributed by atoms with Gasteiger partial charge >= 0.3 is 0 Å². The highest BCUT2D eigenvalue weighted by atomic mass is 16.5. The molecule has 1 fully saturated rings. The molecule has 7 heteroatoms. The average Bonchev–Trinajstić information content (AvgIpc) is 3.55. The molecule has 0 saturated heterocycles. The van der Waals surface area contributed by atoms with Crippen molar-refractivity contribution >= 4 is 16.7 Å². The molecule has 1 heterocycles. The summed E-state index contributed by atoms with van der Waals surface area (Å²) in [6.07, 6.45) is 2.09. The van der Waals surface area contributed by atoms with E-state index in [-0.39, 0.29) is 18.5 Å². The number of benzene rings is 2. The molecule has 1 amide bonds. The lowest BCUT2D eigenvalue weighted by Crippen LogP contribution is -2.38. The van der Waals surface area contributed by atoms with Gasteiger partial charge in [-0.15, -0.1) is 0 Å². The molecular weight excluding hydrogens is 358 g/mol. The van der Waals surface area contributed by atoms with Crippen LogP contribution in [0.15, 0.2) is 58.1 Å². The number of amides is 1. The number of carbonyl (C=O) groups excluding carboxylic acids is 1. The van der Waals surface area contributed by atoms with Gasteiger partial charge in [0.1, 0.15) is 12.3 Å². The number of ether oxygens (including phenoxy) is 1. The van der Waals surface area contributed by atoms with Crippen LogP contribution in [0.3, 0.4) is 0 Å². The van der Waals surface area contributed by atoms with E-state index in [1.54, 1.807) is 31.4 Å². The van der Waals surface area contributed by atoms with E-state index in [1.165, 1.54) is 0 Å². The third-order valence-electron chi connectivity index (χ3n) is 5.07. The van der Waals surface area contributed by atoms with Crippen LogP contribution in [0.4, 0.5) is 0 Å². The maximum atomic E-state index is 12.6. The van der Waals surface area contributed by atoms with E-state index in [9.17, 15) is 14.4 Å². The van der Waals surface area contributed by atoms with E-state index >= 15 is 0 Å². The molecule has 1 unspecified atom stereocenters. The zero-order valence-electron chi connectivity index (χ0n) is 15.5. The van der Waals surface area contributed by atoms with Gasteiger partial charge in [-0.1, -0.05) is 24.3 Å². The summed E-state index contributed by atoms with van der Waals surface area (Å²) in [4.78, 5) is 37.4. The number of H-pyrrole nitrogens is 1. The number of rotatable bonds is 6. The van der Waals surface area contributed by atoms with Gasteiger partial charge in [-0.25, -0.2) is 4.68 Å². The van der Waals surface area contributed by atoms with Crippen LogP contribution in [-0.2, 0) is 11.3 Å². The maximum Gasteiger partial charge on any atom is 0.273 e. The summed E-state index contributed by atoms with van der Waals surface area (Å²) in [6.45, 7) is -0.238. The maximum absolute atomic E-state index is 12.6. The minimum Gasteiger partial charge on any atom is -0.497 e. The molecule has 2 N–H and O–H groups in total. The third kappa shape index (κ3) is 3.55. The molecule has 2 aromatic carbocycles. The molecule has 0 bridgehead atoms. The van der Waals surface area contributed by atoms with Crippen molar-refractivity contribution < 1.29 is 9.53 Å². The lowest BCUT2D eigenvalue weighted by molar-refractivity contribution is -0.122. The summed E-state index contributed by atoms with van der Waals surface area (Å²) in [5.41, 5.74) is 0.214. The van der Waals surface area contributed by atoms with Crippen molar-refractivity contribution in [2.45, 2.75) is 25.4 Å². The number of methoxy groups -OCH3 is 1. The Balaban J connectivity index is 1.56. The minimum absolute atomic E-state index is 0.124. The standard InChI is InChI=1S/C21H21N3O4/c1-28-15-10-8-14(9-11-15)19(13-6-7-13)22-18(25)12-24-21(27)17-5-3-2-4-16(17)20(26)23-24/h2-5,8-11,13,19H,6-7,12H2,1H3,(H,22,25)(H,23,26). The molecule has 0 aliphatic heterocycles. The summed E-state index contributed by atoms with van der Waals surface area (Å²) >= 11 is 0. The van der Waals surface area contributed by atoms with E-state index < -0.39 is 11.1 Å². The molecule has 3 aromatic rings. The predicted molar refractivity (Wildman–Crippen MR) is 105 cm³/mol. The van der Waals surface area contributed by atoms with E-state index in [4.69, 9.17) is 4.74 Å². The van der Waals surface area contributed by atoms with Crippen LogP contribution in [0.2, 0.25) is 0 Å². The number of nitrogens with one attached hydrogen (secondary N) is 2. The smallest absolute Gasteiger partial charge is 0.273 e. The summed E-state index contributed by atoms with van der Waals surface area (Å²) in [5, 5.41) is 6.12. The van der Waals surface area contributed by atoms with Crippen molar-refractivity contribution in [2.24, 2.45) is 5.92 Å². The highest BCUT2D eigenvalue weighted by molar-refractivity contribution is 5.81. The van der Waals surface area contributed by atoms with E-state index in [2.05, 4.69) is 10.4 Å². The van der Waals surface area contributed by atoms with Gasteiger partial charge in [0.15, 0.2) is 0 Å². The SMILES string of the molecule is COc1ccc(C(NC(=O)Cn2[nH]c(=O)c3ccccc3c2=O)C2CC2)cc1. The van der Waals surface area contributed by atoms with Gasteiger partial charge in [0.25, 0.3) is 11.1 Å². The molecule has 28 heavy (non-hydrogen) atoms. The Morgan fingerprint density at radius 2 is 1.82 bits per heavy atom. The Morgan fingerprint density at radius 3 is 2.46 bits per heavy atom. The Kier molecular flexibility index (Phi) is 4.73. The van der Waals surface area contributed by atoms with Gasteiger partial charge in [0.2, 0.25) is 5.91 Å².